The number of nitrogens with zero attached hydrogens (tertiary/aromatic N) is 4. The van der Waals surface area contributed by atoms with E-state index in [0.29, 0.717) is 30.4 Å². The predicted octanol–water partition coefficient (Wildman–Crippen LogP) is 5.13. The Morgan fingerprint density at radius 1 is 1.09 bits per heavy atom. The number of nitro groups is 1. The van der Waals surface area contributed by atoms with Crippen molar-refractivity contribution in [3.8, 4) is 0 Å². The average molecular weight is 529 g/mol. The Hall–Kier alpha value is -1.69. The predicted molar refractivity (Wildman–Crippen MR) is 127 cm³/mol. The number of piperazine rings is 1. The quantitative estimate of drug-likeness (QED) is 0.404. The van der Waals surface area contributed by atoms with E-state index in [1.165, 1.54) is 32.1 Å². The van der Waals surface area contributed by atoms with E-state index in [1.807, 2.05) is 4.90 Å². The minimum Gasteiger partial charge on any atom is -0.345 e. The molecule has 1 saturated heterocycles. The Labute approximate surface area is 204 Å². The van der Waals surface area contributed by atoms with Crippen molar-refractivity contribution < 1.29 is 18.1 Å². The number of hydrogen-bond acceptors (Lipinski definition) is 7. The molecule has 13 heteroatoms. The first kappa shape index (κ1) is 27.6. The van der Waals surface area contributed by atoms with Gasteiger partial charge >= 0.3 is 6.18 Å². The summed E-state index contributed by atoms with van der Waals surface area (Å²) in [6, 6.07) is 1.14. The molecule has 1 aromatic heterocycles. The summed E-state index contributed by atoms with van der Waals surface area (Å²) in [7, 11) is 0. The SMILES string of the molecule is Cl.Cl.O=c1nc(N2CCN(CC3CCCCC3)CC2)sc2c([N+](=O)[O-])cc(C(F)(F)F)cc12. The van der Waals surface area contributed by atoms with Crippen LogP contribution in [-0.2, 0) is 6.18 Å². The van der Waals surface area contributed by atoms with E-state index >= 15 is 0 Å². The van der Waals surface area contributed by atoms with Gasteiger partial charge in [0.25, 0.3) is 11.2 Å². The van der Waals surface area contributed by atoms with Crippen molar-refractivity contribution >= 4 is 57.1 Å². The molecule has 0 atom stereocenters. The number of aromatic nitrogens is 1. The lowest BCUT2D eigenvalue weighted by molar-refractivity contribution is -0.383. The third kappa shape index (κ3) is 6.26. The van der Waals surface area contributed by atoms with Crippen molar-refractivity contribution in [3.05, 3.63) is 38.2 Å². The Kier molecular flexibility index (Phi) is 9.32. The number of benzene rings is 1. The zero-order valence-corrected chi connectivity index (χ0v) is 20.1. The molecular formula is C20H25Cl2F3N4O3S. The Bertz CT molecular complexity index is 1040. The number of fused-ring (bicyclic) bond motifs is 1. The average Bonchev–Trinajstić information content (AvgIpc) is 2.73. The summed E-state index contributed by atoms with van der Waals surface area (Å²) in [5.74, 6) is 0.723. The van der Waals surface area contributed by atoms with Crippen LogP contribution in [0, 0.1) is 16.0 Å². The Morgan fingerprint density at radius 3 is 2.30 bits per heavy atom. The first-order valence-electron chi connectivity index (χ1n) is 10.4. The summed E-state index contributed by atoms with van der Waals surface area (Å²) in [5.41, 5.74) is -2.81. The fraction of sp³-hybridized carbons (Fsp3) is 0.600. The largest absolute Gasteiger partial charge is 0.416 e. The number of nitro benzene ring substituents is 1. The topological polar surface area (TPSA) is 79.6 Å². The molecule has 1 aromatic carbocycles. The van der Waals surface area contributed by atoms with Crippen LogP contribution in [0.1, 0.15) is 37.7 Å². The van der Waals surface area contributed by atoms with Crippen molar-refractivity contribution in [2.75, 3.05) is 37.6 Å². The van der Waals surface area contributed by atoms with Gasteiger partial charge < -0.3 is 4.90 Å². The second-order valence-electron chi connectivity index (χ2n) is 8.22. The summed E-state index contributed by atoms with van der Waals surface area (Å²) >= 11 is 0.906. The molecule has 4 rings (SSSR count). The van der Waals surface area contributed by atoms with Crippen LogP contribution in [0.4, 0.5) is 24.0 Å². The van der Waals surface area contributed by atoms with E-state index in [9.17, 15) is 28.1 Å². The van der Waals surface area contributed by atoms with Crippen LogP contribution in [-0.4, -0.2) is 47.5 Å². The Balaban J connectivity index is 0.00000193. The van der Waals surface area contributed by atoms with Gasteiger partial charge in [0.05, 0.1) is 15.9 Å². The highest BCUT2D eigenvalue weighted by Gasteiger charge is 2.34. The van der Waals surface area contributed by atoms with E-state index in [4.69, 9.17) is 0 Å². The van der Waals surface area contributed by atoms with E-state index in [-0.39, 0.29) is 34.9 Å². The summed E-state index contributed by atoms with van der Waals surface area (Å²) in [4.78, 5) is 31.3. The van der Waals surface area contributed by atoms with Gasteiger partial charge in [-0.2, -0.15) is 18.2 Å². The maximum Gasteiger partial charge on any atom is 0.416 e. The minimum absolute atomic E-state index is 0. The molecule has 0 N–H and O–H groups in total. The molecular weight excluding hydrogens is 504 g/mol. The van der Waals surface area contributed by atoms with Crippen molar-refractivity contribution in [3.63, 3.8) is 0 Å². The molecule has 0 spiro atoms. The maximum absolute atomic E-state index is 13.1. The number of rotatable bonds is 4. The number of alkyl halides is 3. The van der Waals surface area contributed by atoms with Crippen LogP contribution in [0.3, 0.4) is 0 Å². The van der Waals surface area contributed by atoms with Gasteiger partial charge in [0.2, 0.25) is 0 Å². The number of non-ortho nitro benzene ring substituents is 1. The first-order chi connectivity index (χ1) is 14.7. The summed E-state index contributed by atoms with van der Waals surface area (Å²) in [6.07, 6.45) is 1.62. The second-order valence-corrected chi connectivity index (χ2v) is 9.20. The summed E-state index contributed by atoms with van der Waals surface area (Å²) in [5, 5.41) is 11.4. The normalized spacial score (nSPS) is 18.0. The maximum atomic E-state index is 13.1. The zero-order chi connectivity index (χ0) is 22.2. The van der Waals surface area contributed by atoms with Gasteiger partial charge in [0.15, 0.2) is 5.13 Å². The molecule has 184 valence electrons. The molecule has 0 amide bonds. The van der Waals surface area contributed by atoms with E-state index in [1.54, 1.807) is 0 Å². The third-order valence-electron chi connectivity index (χ3n) is 6.10. The van der Waals surface area contributed by atoms with Gasteiger partial charge in [-0.1, -0.05) is 30.6 Å². The highest BCUT2D eigenvalue weighted by Crippen LogP contribution is 2.38. The second kappa shape index (κ2) is 11.2. The van der Waals surface area contributed by atoms with E-state index in [0.717, 1.165) is 36.9 Å². The molecule has 2 aromatic rings. The van der Waals surface area contributed by atoms with Crippen LogP contribution in [0.25, 0.3) is 10.1 Å². The molecule has 0 radical (unpaired) electrons. The number of anilines is 1. The lowest BCUT2D eigenvalue weighted by Gasteiger charge is -2.37. The van der Waals surface area contributed by atoms with E-state index < -0.39 is 27.9 Å². The monoisotopic (exact) mass is 528 g/mol. The van der Waals surface area contributed by atoms with Crippen molar-refractivity contribution in [2.24, 2.45) is 5.92 Å². The van der Waals surface area contributed by atoms with Gasteiger partial charge in [0, 0.05) is 38.8 Å². The molecule has 2 aliphatic rings. The van der Waals surface area contributed by atoms with Gasteiger partial charge in [-0.15, -0.1) is 24.8 Å². The van der Waals surface area contributed by atoms with Gasteiger partial charge in [-0.3, -0.25) is 19.8 Å². The van der Waals surface area contributed by atoms with Gasteiger partial charge in [0.1, 0.15) is 4.70 Å². The van der Waals surface area contributed by atoms with Crippen molar-refractivity contribution in [2.45, 2.75) is 38.3 Å². The zero-order valence-electron chi connectivity index (χ0n) is 17.7. The van der Waals surface area contributed by atoms with E-state index in [2.05, 4.69) is 9.88 Å². The molecule has 1 aliphatic carbocycles. The third-order valence-corrected chi connectivity index (χ3v) is 7.26. The minimum atomic E-state index is -4.79. The van der Waals surface area contributed by atoms with Gasteiger partial charge in [-0.25, -0.2) is 0 Å². The molecule has 0 unspecified atom stereocenters. The molecule has 1 aliphatic heterocycles. The van der Waals surface area contributed by atoms with Crippen LogP contribution < -0.4 is 10.5 Å². The lowest BCUT2D eigenvalue weighted by atomic mass is 9.89. The van der Waals surface area contributed by atoms with Gasteiger partial charge in [-0.05, 0) is 24.8 Å². The molecule has 2 fully saturated rings. The molecule has 1 saturated carbocycles. The van der Waals surface area contributed by atoms with Crippen molar-refractivity contribution in [1.82, 2.24) is 9.88 Å². The molecule has 33 heavy (non-hydrogen) atoms. The first-order valence-corrected chi connectivity index (χ1v) is 11.2. The number of hydrogen-bond donors (Lipinski definition) is 0. The summed E-state index contributed by atoms with van der Waals surface area (Å²) < 4.78 is 39.3. The lowest BCUT2D eigenvalue weighted by Crippen LogP contribution is -2.48. The van der Waals surface area contributed by atoms with Crippen molar-refractivity contribution in [1.29, 1.82) is 0 Å². The highest BCUT2D eigenvalue weighted by molar-refractivity contribution is 7.22. The fourth-order valence-electron chi connectivity index (χ4n) is 4.43. The van der Waals surface area contributed by atoms with Crippen LogP contribution in [0.5, 0.6) is 0 Å². The molecule has 0 bridgehead atoms. The fourth-order valence-corrected chi connectivity index (χ4v) is 5.55. The standard InChI is InChI=1S/C20H23F3N4O3S.2ClH/c21-20(22,23)14-10-15-17(16(11-14)27(29)30)31-19(24-18(15)28)26-8-6-25(7-9-26)12-13-4-2-1-3-5-13;;/h10-11,13H,1-9,12H2;2*1H. The highest BCUT2D eigenvalue weighted by atomic mass is 35.5. The van der Waals surface area contributed by atoms with Crippen LogP contribution in [0.2, 0.25) is 0 Å². The number of halogens is 5. The smallest absolute Gasteiger partial charge is 0.345 e. The van der Waals surface area contributed by atoms with Crippen LogP contribution >= 0.6 is 36.2 Å². The van der Waals surface area contributed by atoms with Crippen LogP contribution in [0.15, 0.2) is 16.9 Å². The molecule has 7 nitrogen and oxygen atoms in total. The summed E-state index contributed by atoms with van der Waals surface area (Å²) in [6.45, 7) is 3.89. The molecule has 2 heterocycles. The Morgan fingerprint density at radius 2 is 1.73 bits per heavy atom.